The first-order valence-corrected chi connectivity index (χ1v) is 8.89. The zero-order valence-electron chi connectivity index (χ0n) is 14.1. The summed E-state index contributed by atoms with van der Waals surface area (Å²) < 4.78 is 38.6. The molecule has 138 valence electrons. The van der Waals surface area contributed by atoms with Crippen LogP contribution in [-0.2, 0) is 6.18 Å². The number of halogens is 3. The van der Waals surface area contributed by atoms with Crippen molar-refractivity contribution in [3.63, 3.8) is 0 Å². The molecule has 1 heterocycles. The van der Waals surface area contributed by atoms with Crippen LogP contribution in [0.15, 0.2) is 66.6 Å². The lowest BCUT2D eigenvalue weighted by atomic mass is 10.1. The lowest BCUT2D eigenvalue weighted by Crippen LogP contribution is -2.22. The number of aromatic nitrogens is 1. The molecule has 0 spiro atoms. The number of hydrogen-bond acceptors (Lipinski definition) is 3. The molecule has 0 bridgehead atoms. The molecule has 1 N–H and O–H groups in total. The Hall–Kier alpha value is -2.93. The fourth-order valence-corrected chi connectivity index (χ4v) is 3.26. The number of hydrogen-bond donors (Lipinski definition) is 1. The lowest BCUT2D eigenvalue weighted by Gasteiger charge is -2.07. The van der Waals surface area contributed by atoms with Gasteiger partial charge < -0.3 is 5.32 Å². The average Bonchev–Trinajstić information content (AvgIpc) is 3.16. The van der Waals surface area contributed by atoms with Crippen LogP contribution in [0.3, 0.4) is 0 Å². The number of nitrogens with one attached hydrogen (secondary N) is 1. The van der Waals surface area contributed by atoms with E-state index in [1.807, 2.05) is 0 Å². The van der Waals surface area contributed by atoms with Gasteiger partial charge in [-0.2, -0.15) is 13.2 Å². The van der Waals surface area contributed by atoms with Crippen LogP contribution in [0.25, 0.3) is 21.8 Å². The van der Waals surface area contributed by atoms with Gasteiger partial charge in [-0.3, -0.25) is 4.79 Å². The summed E-state index contributed by atoms with van der Waals surface area (Å²) in [6.07, 6.45) is -2.80. The predicted octanol–water partition coefficient (Wildman–Crippen LogP) is 5.41. The van der Waals surface area contributed by atoms with Gasteiger partial charge in [-0.1, -0.05) is 30.3 Å². The Balaban J connectivity index is 1.82. The number of nitrogens with zero attached hydrogens (tertiary/aromatic N) is 1. The van der Waals surface area contributed by atoms with Crippen molar-refractivity contribution in [2.24, 2.45) is 0 Å². The zero-order chi connectivity index (χ0) is 19.4. The van der Waals surface area contributed by atoms with Crippen LogP contribution >= 0.6 is 11.3 Å². The number of carbonyl (C=O) groups is 1. The maximum absolute atomic E-state index is 12.9. The van der Waals surface area contributed by atoms with Crippen LogP contribution < -0.4 is 5.32 Å². The van der Waals surface area contributed by atoms with Gasteiger partial charge in [0.05, 0.1) is 11.3 Å². The molecular formula is C20H15F3N2OS. The topological polar surface area (TPSA) is 42.0 Å². The minimum atomic E-state index is -4.39. The van der Waals surface area contributed by atoms with Crippen LogP contribution in [0.5, 0.6) is 0 Å². The van der Waals surface area contributed by atoms with E-state index in [1.165, 1.54) is 17.4 Å². The van der Waals surface area contributed by atoms with Crippen LogP contribution in [0.1, 0.15) is 15.9 Å². The fraction of sp³-hybridized carbons (Fsp3) is 0.100. The SMILES string of the molecule is C=CCNC(=O)c1ccc(-c2nc(-c3cccc(C(F)(F)F)c3)cs2)cc1. The van der Waals surface area contributed by atoms with Gasteiger partial charge in [0, 0.05) is 28.6 Å². The summed E-state index contributed by atoms with van der Waals surface area (Å²) in [6.45, 7) is 3.92. The Labute approximate surface area is 158 Å². The number of rotatable bonds is 5. The van der Waals surface area contributed by atoms with Gasteiger partial charge in [0.25, 0.3) is 5.91 Å². The van der Waals surface area contributed by atoms with Gasteiger partial charge in [0.2, 0.25) is 0 Å². The normalized spacial score (nSPS) is 11.2. The highest BCUT2D eigenvalue weighted by Gasteiger charge is 2.30. The third kappa shape index (κ3) is 4.43. The molecule has 0 aliphatic heterocycles. The highest BCUT2D eigenvalue weighted by molar-refractivity contribution is 7.13. The standard InChI is InChI=1S/C20H15F3N2OS/c1-2-10-24-18(26)13-6-8-14(9-7-13)19-25-17(12-27-19)15-4-3-5-16(11-15)20(21,22)23/h2-9,11-12H,1,10H2,(H,24,26). The molecule has 0 saturated heterocycles. The molecule has 2 aromatic carbocycles. The monoisotopic (exact) mass is 388 g/mol. The second-order valence-corrected chi connectivity index (χ2v) is 6.55. The minimum Gasteiger partial charge on any atom is -0.349 e. The van der Waals surface area contributed by atoms with Crippen molar-refractivity contribution in [1.82, 2.24) is 10.3 Å². The van der Waals surface area contributed by atoms with Crippen LogP contribution in [-0.4, -0.2) is 17.4 Å². The Bertz CT molecular complexity index is 962. The molecule has 0 aliphatic rings. The highest BCUT2D eigenvalue weighted by atomic mass is 32.1. The molecule has 0 saturated carbocycles. The first-order valence-electron chi connectivity index (χ1n) is 8.01. The Morgan fingerprint density at radius 2 is 1.89 bits per heavy atom. The highest BCUT2D eigenvalue weighted by Crippen LogP contribution is 2.34. The van der Waals surface area contributed by atoms with Gasteiger partial charge in [-0.25, -0.2) is 4.98 Å². The molecule has 27 heavy (non-hydrogen) atoms. The molecule has 3 aromatic rings. The first-order chi connectivity index (χ1) is 12.9. The molecular weight excluding hydrogens is 373 g/mol. The number of benzene rings is 2. The average molecular weight is 388 g/mol. The van der Waals surface area contributed by atoms with E-state index < -0.39 is 11.7 Å². The van der Waals surface area contributed by atoms with E-state index in [9.17, 15) is 18.0 Å². The van der Waals surface area contributed by atoms with E-state index in [-0.39, 0.29) is 5.91 Å². The third-order valence-corrected chi connectivity index (χ3v) is 4.68. The molecule has 3 rings (SSSR count). The summed E-state index contributed by atoms with van der Waals surface area (Å²) in [5.41, 5.74) is 1.49. The molecule has 1 amide bonds. The summed E-state index contributed by atoms with van der Waals surface area (Å²) >= 11 is 1.33. The quantitative estimate of drug-likeness (QED) is 0.594. The molecule has 0 radical (unpaired) electrons. The Morgan fingerprint density at radius 1 is 1.15 bits per heavy atom. The van der Waals surface area contributed by atoms with Crippen molar-refractivity contribution >= 4 is 17.2 Å². The summed E-state index contributed by atoms with van der Waals surface area (Å²) in [5.74, 6) is -0.203. The van der Waals surface area contributed by atoms with E-state index in [0.29, 0.717) is 28.4 Å². The molecule has 0 aliphatic carbocycles. The van der Waals surface area contributed by atoms with Crippen molar-refractivity contribution in [2.75, 3.05) is 6.54 Å². The summed E-state index contributed by atoms with van der Waals surface area (Å²) in [6, 6.07) is 12.0. The Kier molecular flexibility index (Phi) is 5.41. The summed E-state index contributed by atoms with van der Waals surface area (Å²) in [7, 11) is 0. The number of carbonyl (C=O) groups excluding carboxylic acids is 1. The van der Waals surface area contributed by atoms with E-state index in [0.717, 1.165) is 17.7 Å². The third-order valence-electron chi connectivity index (χ3n) is 3.79. The molecule has 1 aromatic heterocycles. The second-order valence-electron chi connectivity index (χ2n) is 5.69. The number of thiazole rings is 1. The predicted molar refractivity (Wildman–Crippen MR) is 101 cm³/mol. The Morgan fingerprint density at radius 3 is 2.56 bits per heavy atom. The van der Waals surface area contributed by atoms with Gasteiger partial charge >= 0.3 is 6.18 Å². The minimum absolute atomic E-state index is 0.203. The van der Waals surface area contributed by atoms with Crippen molar-refractivity contribution < 1.29 is 18.0 Å². The van der Waals surface area contributed by atoms with Gasteiger partial charge in [-0.15, -0.1) is 17.9 Å². The van der Waals surface area contributed by atoms with Gasteiger partial charge in [0.1, 0.15) is 5.01 Å². The summed E-state index contributed by atoms with van der Waals surface area (Å²) in [4.78, 5) is 16.3. The maximum atomic E-state index is 12.9. The van der Waals surface area contributed by atoms with E-state index in [4.69, 9.17) is 0 Å². The lowest BCUT2D eigenvalue weighted by molar-refractivity contribution is -0.137. The largest absolute Gasteiger partial charge is 0.416 e. The van der Waals surface area contributed by atoms with Crippen molar-refractivity contribution in [2.45, 2.75) is 6.18 Å². The van der Waals surface area contributed by atoms with Crippen LogP contribution in [0.2, 0.25) is 0 Å². The molecule has 0 atom stereocenters. The van der Waals surface area contributed by atoms with E-state index in [1.54, 1.807) is 41.8 Å². The fourth-order valence-electron chi connectivity index (χ4n) is 2.42. The van der Waals surface area contributed by atoms with Crippen molar-refractivity contribution in [3.05, 3.63) is 77.7 Å². The van der Waals surface area contributed by atoms with E-state index in [2.05, 4.69) is 16.9 Å². The van der Waals surface area contributed by atoms with Crippen molar-refractivity contribution in [3.8, 4) is 21.8 Å². The molecule has 0 unspecified atom stereocenters. The first kappa shape index (κ1) is 18.8. The van der Waals surface area contributed by atoms with Gasteiger partial charge in [-0.05, 0) is 24.3 Å². The molecule has 3 nitrogen and oxygen atoms in total. The number of alkyl halides is 3. The second kappa shape index (κ2) is 7.75. The van der Waals surface area contributed by atoms with Gasteiger partial charge in [0.15, 0.2) is 0 Å². The van der Waals surface area contributed by atoms with Crippen LogP contribution in [0, 0.1) is 0 Å². The van der Waals surface area contributed by atoms with Crippen LogP contribution in [0.4, 0.5) is 13.2 Å². The molecule has 7 heteroatoms. The summed E-state index contributed by atoms with van der Waals surface area (Å²) in [5, 5.41) is 5.07. The number of amides is 1. The van der Waals surface area contributed by atoms with E-state index >= 15 is 0 Å². The zero-order valence-corrected chi connectivity index (χ0v) is 14.9. The molecule has 0 fully saturated rings. The maximum Gasteiger partial charge on any atom is 0.416 e. The smallest absolute Gasteiger partial charge is 0.349 e. The van der Waals surface area contributed by atoms with Crippen molar-refractivity contribution in [1.29, 1.82) is 0 Å².